The molecule has 1 unspecified atom stereocenters. The lowest BCUT2D eigenvalue weighted by Gasteiger charge is -2.14. The number of carbonyl (C=O) groups excluding carboxylic acids is 1. The number of carbonyl (C=O) groups is 1. The van der Waals surface area contributed by atoms with Crippen LogP contribution in [0.1, 0.15) is 27.2 Å². The molecule has 0 aliphatic rings. The molecular weight excluding hydrogens is 182 g/mol. The molecule has 0 fully saturated rings. The first-order chi connectivity index (χ1) is 6.49. The minimum absolute atomic E-state index is 0.00531. The molecular formula is C9H19N3O2. The topological polar surface area (TPSA) is 87.7 Å². The third-order valence-corrected chi connectivity index (χ3v) is 2.22. The first-order valence-electron chi connectivity index (χ1n) is 4.73. The van der Waals surface area contributed by atoms with Gasteiger partial charge in [-0.05, 0) is 5.92 Å². The van der Waals surface area contributed by atoms with Crippen molar-refractivity contribution < 1.29 is 10.0 Å². The number of hydrogen-bond acceptors (Lipinski definition) is 3. The molecule has 0 aromatic rings. The van der Waals surface area contributed by atoms with Crippen LogP contribution in [0.2, 0.25) is 0 Å². The Morgan fingerprint density at radius 3 is 2.50 bits per heavy atom. The molecule has 0 rings (SSSR count). The van der Waals surface area contributed by atoms with Crippen molar-refractivity contribution in [3.63, 3.8) is 0 Å². The van der Waals surface area contributed by atoms with Crippen LogP contribution < -0.4 is 11.1 Å². The molecule has 5 nitrogen and oxygen atoms in total. The number of hydrogen-bond donors (Lipinski definition) is 3. The Kier molecular flexibility index (Phi) is 5.67. The molecule has 0 aliphatic heterocycles. The first kappa shape index (κ1) is 12.7. The van der Waals surface area contributed by atoms with Crippen molar-refractivity contribution in [2.45, 2.75) is 27.2 Å². The number of amidine groups is 1. The van der Waals surface area contributed by atoms with Crippen molar-refractivity contribution in [3.8, 4) is 0 Å². The first-order valence-corrected chi connectivity index (χ1v) is 4.73. The minimum atomic E-state index is -0.0118. The highest BCUT2D eigenvalue weighted by Crippen LogP contribution is 2.08. The van der Waals surface area contributed by atoms with Crippen LogP contribution in [0.5, 0.6) is 0 Å². The standard InChI is InChI=1S/C9H19N3O2/c1-6(2)7(3)9(13)11-5-4-8(10)12-14/h6-7,14H,4-5H2,1-3H3,(H2,10,12)(H,11,13). The zero-order valence-electron chi connectivity index (χ0n) is 8.95. The lowest BCUT2D eigenvalue weighted by molar-refractivity contribution is -0.125. The molecule has 0 radical (unpaired) electrons. The van der Waals surface area contributed by atoms with Crippen molar-refractivity contribution >= 4 is 11.7 Å². The zero-order valence-corrected chi connectivity index (χ0v) is 8.95. The fourth-order valence-corrected chi connectivity index (χ4v) is 0.828. The van der Waals surface area contributed by atoms with Gasteiger partial charge in [0.1, 0.15) is 5.84 Å². The Hall–Kier alpha value is -1.26. The van der Waals surface area contributed by atoms with Crippen LogP contribution >= 0.6 is 0 Å². The summed E-state index contributed by atoms with van der Waals surface area (Å²) in [6.07, 6.45) is 0.368. The van der Waals surface area contributed by atoms with Crippen LogP contribution in [0.25, 0.3) is 0 Å². The molecule has 0 heterocycles. The number of nitrogens with two attached hydrogens (primary N) is 1. The van der Waals surface area contributed by atoms with Gasteiger partial charge in [-0.1, -0.05) is 25.9 Å². The predicted molar refractivity (Wildman–Crippen MR) is 55.0 cm³/mol. The number of amides is 1. The molecule has 5 heteroatoms. The number of oxime groups is 1. The molecule has 0 aliphatic carbocycles. The minimum Gasteiger partial charge on any atom is -0.409 e. The second kappa shape index (κ2) is 6.23. The molecule has 0 aromatic carbocycles. The van der Waals surface area contributed by atoms with E-state index in [1.807, 2.05) is 20.8 Å². The van der Waals surface area contributed by atoms with E-state index >= 15 is 0 Å². The van der Waals surface area contributed by atoms with E-state index < -0.39 is 0 Å². The van der Waals surface area contributed by atoms with E-state index in [0.717, 1.165) is 0 Å². The highest BCUT2D eigenvalue weighted by Gasteiger charge is 2.15. The second-order valence-electron chi connectivity index (χ2n) is 3.67. The summed E-state index contributed by atoms with van der Waals surface area (Å²) in [5.74, 6) is 0.439. The molecule has 1 amide bonds. The van der Waals surface area contributed by atoms with Gasteiger partial charge in [0.05, 0.1) is 0 Å². The summed E-state index contributed by atoms with van der Waals surface area (Å²) < 4.78 is 0. The van der Waals surface area contributed by atoms with Crippen molar-refractivity contribution in [2.24, 2.45) is 22.7 Å². The molecule has 0 aromatic heterocycles. The van der Waals surface area contributed by atoms with E-state index in [9.17, 15) is 4.79 Å². The van der Waals surface area contributed by atoms with Crippen LogP contribution in [0, 0.1) is 11.8 Å². The average molecular weight is 201 g/mol. The van der Waals surface area contributed by atoms with Crippen LogP contribution in [-0.2, 0) is 4.79 Å². The van der Waals surface area contributed by atoms with E-state index in [1.54, 1.807) is 0 Å². The summed E-state index contributed by atoms with van der Waals surface area (Å²) >= 11 is 0. The largest absolute Gasteiger partial charge is 0.409 e. The lowest BCUT2D eigenvalue weighted by Crippen LogP contribution is -2.34. The predicted octanol–water partition coefficient (Wildman–Crippen LogP) is 0.531. The van der Waals surface area contributed by atoms with Gasteiger partial charge in [0, 0.05) is 18.9 Å². The smallest absolute Gasteiger partial charge is 0.223 e. The fourth-order valence-electron chi connectivity index (χ4n) is 0.828. The molecule has 4 N–H and O–H groups in total. The summed E-state index contributed by atoms with van der Waals surface area (Å²) in [5, 5.41) is 13.8. The van der Waals surface area contributed by atoms with Gasteiger partial charge in [-0.25, -0.2) is 0 Å². The third-order valence-electron chi connectivity index (χ3n) is 2.22. The van der Waals surface area contributed by atoms with Gasteiger partial charge in [-0.2, -0.15) is 0 Å². The highest BCUT2D eigenvalue weighted by molar-refractivity contribution is 5.82. The second-order valence-corrected chi connectivity index (χ2v) is 3.67. The lowest BCUT2D eigenvalue weighted by atomic mass is 9.97. The summed E-state index contributed by atoms with van der Waals surface area (Å²) in [6.45, 7) is 6.27. The maximum Gasteiger partial charge on any atom is 0.223 e. The third kappa shape index (κ3) is 4.69. The molecule has 14 heavy (non-hydrogen) atoms. The Bertz CT molecular complexity index is 214. The quantitative estimate of drug-likeness (QED) is 0.262. The van der Waals surface area contributed by atoms with E-state index in [2.05, 4.69) is 10.5 Å². The summed E-state index contributed by atoms with van der Waals surface area (Å²) in [4.78, 5) is 11.4. The monoisotopic (exact) mass is 201 g/mol. The maximum atomic E-state index is 11.4. The Balaban J connectivity index is 3.75. The Morgan fingerprint density at radius 2 is 2.07 bits per heavy atom. The normalized spacial score (nSPS) is 14.1. The SMILES string of the molecule is CC(C)C(C)C(=O)NCCC(N)=NO. The van der Waals surface area contributed by atoms with E-state index in [-0.39, 0.29) is 17.7 Å². The van der Waals surface area contributed by atoms with Crippen molar-refractivity contribution in [3.05, 3.63) is 0 Å². The molecule has 0 saturated carbocycles. The Morgan fingerprint density at radius 1 is 1.50 bits per heavy atom. The number of rotatable bonds is 5. The van der Waals surface area contributed by atoms with E-state index in [4.69, 9.17) is 10.9 Å². The maximum absolute atomic E-state index is 11.4. The molecule has 82 valence electrons. The fraction of sp³-hybridized carbons (Fsp3) is 0.778. The van der Waals surface area contributed by atoms with Gasteiger partial charge in [-0.15, -0.1) is 0 Å². The number of nitrogens with one attached hydrogen (secondary N) is 1. The van der Waals surface area contributed by atoms with Gasteiger partial charge < -0.3 is 16.3 Å². The van der Waals surface area contributed by atoms with Gasteiger partial charge >= 0.3 is 0 Å². The van der Waals surface area contributed by atoms with E-state index in [1.165, 1.54) is 0 Å². The van der Waals surface area contributed by atoms with Crippen LogP contribution in [-0.4, -0.2) is 23.5 Å². The molecule has 0 spiro atoms. The summed E-state index contributed by atoms with van der Waals surface area (Å²) in [5.41, 5.74) is 5.24. The van der Waals surface area contributed by atoms with Crippen LogP contribution in [0.3, 0.4) is 0 Å². The van der Waals surface area contributed by atoms with Gasteiger partial charge in [0.25, 0.3) is 0 Å². The van der Waals surface area contributed by atoms with Crippen molar-refractivity contribution in [2.75, 3.05) is 6.54 Å². The van der Waals surface area contributed by atoms with Gasteiger partial charge in [0.15, 0.2) is 0 Å². The molecule has 0 saturated heterocycles. The average Bonchev–Trinajstić information content (AvgIpc) is 2.15. The molecule has 0 bridgehead atoms. The van der Waals surface area contributed by atoms with Crippen LogP contribution in [0.4, 0.5) is 0 Å². The Labute approximate surface area is 84.4 Å². The number of nitrogens with zero attached hydrogens (tertiary/aromatic N) is 1. The van der Waals surface area contributed by atoms with Gasteiger partial charge in [0.2, 0.25) is 5.91 Å². The zero-order chi connectivity index (χ0) is 11.1. The van der Waals surface area contributed by atoms with E-state index in [0.29, 0.717) is 18.9 Å². The highest BCUT2D eigenvalue weighted by atomic mass is 16.4. The van der Waals surface area contributed by atoms with Crippen molar-refractivity contribution in [1.82, 2.24) is 5.32 Å². The van der Waals surface area contributed by atoms with Crippen molar-refractivity contribution in [1.29, 1.82) is 0 Å². The summed E-state index contributed by atoms with van der Waals surface area (Å²) in [6, 6.07) is 0. The van der Waals surface area contributed by atoms with Crippen LogP contribution in [0.15, 0.2) is 5.16 Å². The van der Waals surface area contributed by atoms with Gasteiger partial charge in [-0.3, -0.25) is 4.79 Å². The summed E-state index contributed by atoms with van der Waals surface area (Å²) in [7, 11) is 0. The molecule has 1 atom stereocenters.